The third-order valence-corrected chi connectivity index (χ3v) is 6.03. The summed E-state index contributed by atoms with van der Waals surface area (Å²) in [6.07, 6.45) is -11.1. The van der Waals surface area contributed by atoms with E-state index in [4.69, 9.17) is 5.11 Å². The summed E-state index contributed by atoms with van der Waals surface area (Å²) in [5, 5.41) is 8.54. The molecule has 0 aliphatic rings. The van der Waals surface area contributed by atoms with Crippen molar-refractivity contribution in [3.63, 3.8) is 0 Å². The Labute approximate surface area is 176 Å². The van der Waals surface area contributed by atoms with Crippen LogP contribution in [0.1, 0.15) is 12.8 Å². The Balaban J connectivity index is 5.83. The van der Waals surface area contributed by atoms with E-state index in [9.17, 15) is 70.3 Å². The summed E-state index contributed by atoms with van der Waals surface area (Å²) in [6.45, 7) is 2.17. The van der Waals surface area contributed by atoms with Gasteiger partial charge >= 0.3 is 41.8 Å². The highest BCUT2D eigenvalue weighted by atomic mass is 32.2. The fraction of sp³-hybridized carbons (Fsp3) is 0.786. The molecule has 0 heterocycles. The number of carboxylic acid groups (broad SMARTS) is 1. The molecular weight excluding hydrogens is 525 g/mol. The lowest BCUT2D eigenvalue weighted by atomic mass is 9.93. The zero-order chi connectivity index (χ0) is 27.1. The molecule has 0 radical (unpaired) electrons. The number of rotatable bonds is 12. The number of hydrogen-bond acceptors (Lipinski definition) is 3. The highest BCUT2D eigenvalue weighted by molar-refractivity contribution is 7.89. The summed E-state index contributed by atoms with van der Waals surface area (Å²) < 4.78 is 193. The molecule has 19 heteroatoms. The molecule has 0 aromatic carbocycles. The van der Waals surface area contributed by atoms with Crippen LogP contribution in [-0.4, -0.2) is 78.9 Å². The molecule has 196 valence electrons. The standard InChI is InChI=1S/C14H14F13NO4S/c1-7(8(29)30)3-5-28(2)33(31,32)6-4-9(15,16)10(17,18)11(19,20)12(21,22)13(23,24)14(25,26)27/h1,3-6H2,2H3,(H,29,30). The van der Waals surface area contributed by atoms with E-state index in [0.717, 1.165) is 0 Å². The van der Waals surface area contributed by atoms with Crippen LogP contribution in [0.25, 0.3) is 0 Å². The van der Waals surface area contributed by atoms with Crippen molar-refractivity contribution < 1.29 is 75.4 Å². The lowest BCUT2D eigenvalue weighted by molar-refractivity contribution is -0.439. The topological polar surface area (TPSA) is 74.7 Å². The Hall–Kier alpha value is -1.79. The summed E-state index contributed by atoms with van der Waals surface area (Å²) in [5.41, 5.74) is -0.596. The average Bonchev–Trinajstić information content (AvgIpc) is 2.62. The van der Waals surface area contributed by atoms with Gasteiger partial charge in [-0.1, -0.05) is 6.58 Å². The number of hydrogen-bond donors (Lipinski definition) is 1. The predicted octanol–water partition coefficient (Wildman–Crippen LogP) is 4.41. The molecule has 0 aromatic rings. The van der Waals surface area contributed by atoms with Gasteiger partial charge < -0.3 is 5.11 Å². The molecule has 0 fully saturated rings. The van der Waals surface area contributed by atoms with Gasteiger partial charge in [0.1, 0.15) is 0 Å². The molecule has 0 aliphatic heterocycles. The zero-order valence-corrected chi connectivity index (χ0v) is 16.8. The Bertz CT molecular complexity index is 852. The van der Waals surface area contributed by atoms with E-state index in [1.54, 1.807) is 0 Å². The first kappa shape index (κ1) is 31.2. The van der Waals surface area contributed by atoms with Crippen LogP contribution in [0, 0.1) is 0 Å². The molecule has 0 amide bonds. The van der Waals surface area contributed by atoms with Gasteiger partial charge in [0.2, 0.25) is 10.0 Å². The highest BCUT2D eigenvalue weighted by Crippen LogP contribution is 2.60. The van der Waals surface area contributed by atoms with Crippen LogP contribution in [0.15, 0.2) is 12.2 Å². The summed E-state index contributed by atoms with van der Waals surface area (Å²) >= 11 is 0. The fourth-order valence-corrected chi connectivity index (χ4v) is 3.11. The van der Waals surface area contributed by atoms with Gasteiger partial charge in [-0.25, -0.2) is 17.5 Å². The van der Waals surface area contributed by atoms with Crippen LogP contribution in [0.3, 0.4) is 0 Å². The van der Waals surface area contributed by atoms with Gasteiger partial charge in [0, 0.05) is 25.6 Å². The van der Waals surface area contributed by atoms with Crippen molar-refractivity contribution >= 4 is 16.0 Å². The Kier molecular flexibility index (Phi) is 8.61. The molecular formula is C14H14F13NO4S. The van der Waals surface area contributed by atoms with E-state index in [0.29, 0.717) is 7.05 Å². The quantitative estimate of drug-likeness (QED) is 0.295. The van der Waals surface area contributed by atoms with Crippen molar-refractivity contribution in [2.75, 3.05) is 19.3 Å². The zero-order valence-electron chi connectivity index (χ0n) is 16.0. The number of carboxylic acids is 1. The Morgan fingerprint density at radius 1 is 0.818 bits per heavy atom. The molecule has 0 aliphatic carbocycles. The molecule has 33 heavy (non-hydrogen) atoms. The normalized spacial score (nSPS) is 15.1. The molecule has 0 saturated heterocycles. The van der Waals surface area contributed by atoms with Gasteiger partial charge in [0.05, 0.1) is 5.75 Å². The van der Waals surface area contributed by atoms with Crippen molar-refractivity contribution in [1.82, 2.24) is 4.31 Å². The summed E-state index contributed by atoms with van der Waals surface area (Å²) in [5.74, 6) is -41.9. The summed E-state index contributed by atoms with van der Waals surface area (Å²) in [7, 11) is -4.49. The van der Waals surface area contributed by atoms with Crippen LogP contribution >= 0.6 is 0 Å². The number of nitrogens with zero attached hydrogens (tertiary/aromatic N) is 1. The van der Waals surface area contributed by atoms with E-state index in [-0.39, 0.29) is 4.31 Å². The van der Waals surface area contributed by atoms with E-state index in [1.807, 2.05) is 0 Å². The van der Waals surface area contributed by atoms with Gasteiger partial charge in [-0.3, -0.25) is 0 Å². The van der Waals surface area contributed by atoms with E-state index < -0.39 is 82.5 Å². The molecule has 0 unspecified atom stereocenters. The maximum atomic E-state index is 13.7. The van der Waals surface area contributed by atoms with E-state index in [2.05, 4.69) is 6.58 Å². The first-order valence-electron chi connectivity index (χ1n) is 8.01. The van der Waals surface area contributed by atoms with Crippen LogP contribution in [0.2, 0.25) is 0 Å². The average molecular weight is 539 g/mol. The Morgan fingerprint density at radius 2 is 1.21 bits per heavy atom. The first-order chi connectivity index (χ1) is 14.2. The van der Waals surface area contributed by atoms with Crippen molar-refractivity contribution in [2.24, 2.45) is 0 Å². The van der Waals surface area contributed by atoms with Gasteiger partial charge in [-0.05, 0) is 6.42 Å². The minimum atomic E-state index is -8.07. The molecule has 0 rings (SSSR count). The predicted molar refractivity (Wildman–Crippen MR) is 83.2 cm³/mol. The monoisotopic (exact) mass is 539 g/mol. The van der Waals surface area contributed by atoms with Crippen LogP contribution < -0.4 is 0 Å². The molecule has 0 spiro atoms. The highest BCUT2D eigenvalue weighted by Gasteiger charge is 2.90. The third-order valence-electron chi connectivity index (χ3n) is 4.18. The lowest BCUT2D eigenvalue weighted by Crippen LogP contribution is -2.70. The first-order valence-corrected chi connectivity index (χ1v) is 9.62. The van der Waals surface area contributed by atoms with Crippen molar-refractivity contribution in [3.8, 4) is 0 Å². The van der Waals surface area contributed by atoms with Gasteiger partial charge in [-0.2, -0.15) is 57.1 Å². The molecule has 0 atom stereocenters. The van der Waals surface area contributed by atoms with Crippen molar-refractivity contribution in [3.05, 3.63) is 12.2 Å². The van der Waals surface area contributed by atoms with Crippen molar-refractivity contribution in [2.45, 2.75) is 48.6 Å². The minimum Gasteiger partial charge on any atom is -0.478 e. The second kappa shape index (κ2) is 9.10. The summed E-state index contributed by atoms with van der Waals surface area (Å²) in [6, 6.07) is 0. The molecule has 5 nitrogen and oxygen atoms in total. The van der Waals surface area contributed by atoms with Crippen LogP contribution in [-0.2, 0) is 14.8 Å². The largest absolute Gasteiger partial charge is 0.478 e. The smallest absolute Gasteiger partial charge is 0.460 e. The van der Waals surface area contributed by atoms with Crippen LogP contribution in [0.5, 0.6) is 0 Å². The second-order valence-corrected chi connectivity index (χ2v) is 8.74. The van der Waals surface area contributed by atoms with Crippen molar-refractivity contribution in [1.29, 1.82) is 0 Å². The number of alkyl halides is 13. The molecule has 1 N–H and O–H groups in total. The number of carbonyl (C=O) groups is 1. The Morgan fingerprint density at radius 3 is 1.58 bits per heavy atom. The van der Waals surface area contributed by atoms with Gasteiger partial charge in [-0.15, -0.1) is 0 Å². The SMILES string of the molecule is C=C(CCN(C)S(=O)(=O)CCC(F)(F)C(F)(F)C(F)(F)C(F)(F)C(F)(F)C(F)(F)F)C(=O)O. The number of halogens is 13. The summed E-state index contributed by atoms with van der Waals surface area (Å²) in [4.78, 5) is 10.5. The molecule has 0 aromatic heterocycles. The number of aliphatic carboxylic acids is 1. The fourth-order valence-electron chi connectivity index (χ4n) is 1.91. The lowest BCUT2D eigenvalue weighted by Gasteiger charge is -2.39. The van der Waals surface area contributed by atoms with Crippen LogP contribution in [0.4, 0.5) is 57.1 Å². The third kappa shape index (κ3) is 5.65. The molecule has 0 saturated carbocycles. The maximum Gasteiger partial charge on any atom is 0.460 e. The molecule has 0 bridgehead atoms. The second-order valence-electron chi connectivity index (χ2n) is 6.55. The van der Waals surface area contributed by atoms with Gasteiger partial charge in [0.25, 0.3) is 0 Å². The van der Waals surface area contributed by atoms with E-state index >= 15 is 0 Å². The van der Waals surface area contributed by atoms with E-state index in [1.165, 1.54) is 0 Å². The maximum absolute atomic E-state index is 13.7. The van der Waals surface area contributed by atoms with Gasteiger partial charge in [0.15, 0.2) is 0 Å². The minimum absolute atomic E-state index is 0.0832. The number of sulfonamides is 1.